The fraction of sp³-hybridized carbons (Fsp3) is 0.353. The van der Waals surface area contributed by atoms with Crippen LogP contribution >= 0.6 is 0 Å². The van der Waals surface area contributed by atoms with Crippen LogP contribution in [-0.2, 0) is 4.79 Å². The number of phenolic OH excluding ortho intramolecular Hbond substituents is 1. The van der Waals surface area contributed by atoms with Crippen LogP contribution in [-0.4, -0.2) is 34.1 Å². The minimum atomic E-state index is -0.501. The molecule has 0 radical (unpaired) electrons. The van der Waals surface area contributed by atoms with Gasteiger partial charge in [0.15, 0.2) is 0 Å². The van der Waals surface area contributed by atoms with Crippen molar-refractivity contribution in [1.29, 1.82) is 0 Å². The van der Waals surface area contributed by atoms with E-state index in [1.54, 1.807) is 24.3 Å². The number of hydrogen-bond donors (Lipinski definition) is 3. The minimum absolute atomic E-state index is 0.0752. The first-order chi connectivity index (χ1) is 11.6. The fourth-order valence-corrected chi connectivity index (χ4v) is 3.49. The summed E-state index contributed by atoms with van der Waals surface area (Å²) in [6.45, 7) is 1.69. The summed E-state index contributed by atoms with van der Waals surface area (Å²) < 4.78 is 0. The number of aromatic hydroxyl groups is 1. The number of nitrogens with one attached hydrogen (secondary N) is 2. The highest BCUT2D eigenvalue weighted by molar-refractivity contribution is 5.94. The van der Waals surface area contributed by atoms with Crippen molar-refractivity contribution in [2.24, 2.45) is 0 Å². The molecule has 1 aromatic heterocycles. The first kappa shape index (κ1) is 14.7. The zero-order valence-corrected chi connectivity index (χ0v) is 13.1. The minimum Gasteiger partial charge on any atom is -0.508 e. The molecule has 1 aromatic carbocycles. The predicted molar refractivity (Wildman–Crippen MR) is 89.5 cm³/mol. The molecular formula is C17H18N4O3. The van der Waals surface area contributed by atoms with Gasteiger partial charge in [-0.15, -0.1) is 0 Å². The number of nitrogens with zero attached hydrogens (tertiary/aromatic N) is 2. The Morgan fingerprint density at radius 1 is 1.17 bits per heavy atom. The van der Waals surface area contributed by atoms with Gasteiger partial charge in [0.2, 0.25) is 11.9 Å². The summed E-state index contributed by atoms with van der Waals surface area (Å²) in [6, 6.07) is 6.78. The van der Waals surface area contributed by atoms with E-state index < -0.39 is 5.92 Å². The van der Waals surface area contributed by atoms with Crippen LogP contribution in [0.3, 0.4) is 0 Å². The number of aromatic nitrogens is 2. The van der Waals surface area contributed by atoms with Crippen molar-refractivity contribution in [3.05, 3.63) is 45.7 Å². The average Bonchev–Trinajstić information content (AvgIpc) is 3.08. The second-order valence-corrected chi connectivity index (χ2v) is 6.21. The van der Waals surface area contributed by atoms with Crippen LogP contribution in [0.25, 0.3) is 0 Å². The Balaban J connectivity index is 1.83. The molecule has 2 aromatic rings. The summed E-state index contributed by atoms with van der Waals surface area (Å²) in [5.41, 5.74) is 0.698. The van der Waals surface area contributed by atoms with E-state index in [-0.39, 0.29) is 23.6 Å². The SMILES string of the molecule is O=C1CC(c2ccccc2O)c2c(nc(N3CCCC3)[nH]c2=O)N1. The number of fused-ring (bicyclic) bond motifs is 1. The molecule has 4 rings (SSSR count). The Hall–Kier alpha value is -2.83. The third kappa shape index (κ3) is 2.42. The maximum absolute atomic E-state index is 12.7. The van der Waals surface area contributed by atoms with Crippen molar-refractivity contribution < 1.29 is 9.90 Å². The lowest BCUT2D eigenvalue weighted by atomic mass is 9.86. The van der Waals surface area contributed by atoms with Crippen molar-refractivity contribution in [3.8, 4) is 5.75 Å². The van der Waals surface area contributed by atoms with Crippen LogP contribution in [0.15, 0.2) is 29.1 Å². The monoisotopic (exact) mass is 326 g/mol. The maximum Gasteiger partial charge on any atom is 0.258 e. The molecule has 0 saturated carbocycles. The van der Waals surface area contributed by atoms with Crippen LogP contribution < -0.4 is 15.8 Å². The second kappa shape index (κ2) is 5.67. The molecule has 3 heterocycles. The molecular weight excluding hydrogens is 308 g/mol. The van der Waals surface area contributed by atoms with Gasteiger partial charge in [-0.05, 0) is 18.9 Å². The van der Waals surface area contributed by atoms with Crippen LogP contribution in [0.5, 0.6) is 5.75 Å². The molecule has 24 heavy (non-hydrogen) atoms. The van der Waals surface area contributed by atoms with Gasteiger partial charge in [-0.25, -0.2) is 0 Å². The van der Waals surface area contributed by atoms with Crippen molar-refractivity contribution in [3.63, 3.8) is 0 Å². The molecule has 1 atom stereocenters. The molecule has 2 aliphatic heterocycles. The van der Waals surface area contributed by atoms with Crippen molar-refractivity contribution in [2.45, 2.75) is 25.2 Å². The Bertz CT molecular complexity index is 855. The molecule has 0 aliphatic carbocycles. The lowest BCUT2D eigenvalue weighted by Gasteiger charge is -2.26. The van der Waals surface area contributed by atoms with Gasteiger partial charge < -0.3 is 15.3 Å². The van der Waals surface area contributed by atoms with Crippen molar-refractivity contribution in [1.82, 2.24) is 9.97 Å². The third-order valence-electron chi connectivity index (χ3n) is 4.66. The molecule has 1 unspecified atom stereocenters. The molecule has 0 bridgehead atoms. The molecule has 7 heteroatoms. The van der Waals surface area contributed by atoms with E-state index >= 15 is 0 Å². The standard InChI is InChI=1S/C17H18N4O3/c22-12-6-2-1-5-10(12)11-9-13(23)18-15-14(11)16(24)20-17(19-15)21-7-3-4-8-21/h1-2,5-6,11,22H,3-4,7-9H2,(H2,18,19,20,23,24). The molecule has 1 saturated heterocycles. The first-order valence-corrected chi connectivity index (χ1v) is 8.10. The van der Waals surface area contributed by atoms with Gasteiger partial charge in [-0.2, -0.15) is 4.98 Å². The van der Waals surface area contributed by atoms with Crippen LogP contribution in [0.2, 0.25) is 0 Å². The topological polar surface area (TPSA) is 98.3 Å². The predicted octanol–water partition coefficient (Wildman–Crippen LogP) is 1.55. The van der Waals surface area contributed by atoms with Gasteiger partial charge in [0.1, 0.15) is 11.6 Å². The van der Waals surface area contributed by atoms with E-state index in [4.69, 9.17) is 0 Å². The highest BCUT2D eigenvalue weighted by Gasteiger charge is 2.32. The Morgan fingerprint density at radius 2 is 1.92 bits per heavy atom. The lowest BCUT2D eigenvalue weighted by molar-refractivity contribution is -0.116. The highest BCUT2D eigenvalue weighted by atomic mass is 16.3. The summed E-state index contributed by atoms with van der Waals surface area (Å²) in [7, 11) is 0. The number of para-hydroxylation sites is 1. The zero-order chi connectivity index (χ0) is 16.7. The smallest absolute Gasteiger partial charge is 0.258 e. The number of carbonyl (C=O) groups excluding carboxylic acids is 1. The van der Waals surface area contributed by atoms with Gasteiger partial charge in [0.05, 0.1) is 5.56 Å². The molecule has 2 aliphatic rings. The van der Waals surface area contributed by atoms with E-state index in [0.29, 0.717) is 22.9 Å². The van der Waals surface area contributed by atoms with Gasteiger partial charge in [0, 0.05) is 31.0 Å². The van der Waals surface area contributed by atoms with Crippen LogP contribution in [0.4, 0.5) is 11.8 Å². The molecule has 1 amide bonds. The normalized spacial score (nSPS) is 19.9. The number of benzene rings is 1. The summed E-state index contributed by atoms with van der Waals surface area (Å²) in [4.78, 5) is 34.1. The summed E-state index contributed by atoms with van der Waals surface area (Å²) >= 11 is 0. The average molecular weight is 326 g/mol. The van der Waals surface area contributed by atoms with Gasteiger partial charge in [-0.1, -0.05) is 18.2 Å². The Labute approximate surface area is 138 Å². The van der Waals surface area contributed by atoms with Gasteiger partial charge >= 0.3 is 0 Å². The molecule has 124 valence electrons. The number of hydrogen-bond acceptors (Lipinski definition) is 5. The third-order valence-corrected chi connectivity index (χ3v) is 4.66. The molecule has 1 fully saturated rings. The number of rotatable bonds is 2. The van der Waals surface area contributed by atoms with E-state index in [0.717, 1.165) is 25.9 Å². The Kier molecular flexibility index (Phi) is 3.48. The molecule has 7 nitrogen and oxygen atoms in total. The van der Waals surface area contributed by atoms with E-state index in [9.17, 15) is 14.7 Å². The first-order valence-electron chi connectivity index (χ1n) is 8.10. The number of amides is 1. The summed E-state index contributed by atoms with van der Waals surface area (Å²) in [5, 5.41) is 12.8. The van der Waals surface area contributed by atoms with Crippen LogP contribution in [0, 0.1) is 0 Å². The van der Waals surface area contributed by atoms with Gasteiger partial charge in [-0.3, -0.25) is 14.6 Å². The number of phenols is 1. The van der Waals surface area contributed by atoms with E-state index in [1.807, 2.05) is 4.90 Å². The van der Waals surface area contributed by atoms with Crippen LogP contribution in [0.1, 0.15) is 36.3 Å². The number of H-pyrrole nitrogens is 1. The van der Waals surface area contributed by atoms with Gasteiger partial charge in [0.25, 0.3) is 5.56 Å². The fourth-order valence-electron chi connectivity index (χ4n) is 3.49. The second-order valence-electron chi connectivity index (χ2n) is 6.21. The zero-order valence-electron chi connectivity index (χ0n) is 13.1. The number of carbonyl (C=O) groups is 1. The highest BCUT2D eigenvalue weighted by Crippen LogP contribution is 2.38. The molecule has 3 N–H and O–H groups in total. The summed E-state index contributed by atoms with van der Waals surface area (Å²) in [5.74, 6) is 0.158. The quantitative estimate of drug-likeness (QED) is 0.778. The maximum atomic E-state index is 12.7. The van der Waals surface area contributed by atoms with E-state index in [2.05, 4.69) is 15.3 Å². The summed E-state index contributed by atoms with van der Waals surface area (Å²) in [6.07, 6.45) is 2.24. The van der Waals surface area contributed by atoms with Crippen molar-refractivity contribution >= 4 is 17.7 Å². The molecule has 0 spiro atoms. The largest absolute Gasteiger partial charge is 0.508 e. The lowest BCUT2D eigenvalue weighted by Crippen LogP contribution is -2.33. The Morgan fingerprint density at radius 3 is 2.67 bits per heavy atom. The van der Waals surface area contributed by atoms with E-state index in [1.165, 1.54) is 0 Å². The van der Waals surface area contributed by atoms with Crippen molar-refractivity contribution in [2.75, 3.05) is 23.3 Å². The number of aromatic amines is 1. The number of anilines is 2.